The number of rotatable bonds is 4. The van der Waals surface area contributed by atoms with E-state index in [1.807, 2.05) is 20.0 Å². The third kappa shape index (κ3) is 6.13. The van der Waals surface area contributed by atoms with E-state index in [-0.39, 0.29) is 5.56 Å². The first-order valence-electron chi connectivity index (χ1n) is 14.4. The van der Waals surface area contributed by atoms with Crippen molar-refractivity contribution in [1.82, 2.24) is 15.0 Å². The lowest BCUT2D eigenvalue weighted by Gasteiger charge is -2.20. The Balaban J connectivity index is 0.000000525. The molecule has 3 N–H and O–H groups in total. The average Bonchev–Trinajstić information content (AvgIpc) is 3.79. The molecule has 1 aromatic carbocycles. The van der Waals surface area contributed by atoms with Crippen LogP contribution in [0.25, 0.3) is 32.2 Å². The van der Waals surface area contributed by atoms with Crippen molar-refractivity contribution in [3.63, 3.8) is 0 Å². The molecule has 6 rings (SSSR count). The minimum atomic E-state index is -0.475. The van der Waals surface area contributed by atoms with E-state index >= 15 is 0 Å². The van der Waals surface area contributed by atoms with Gasteiger partial charge in [-0.1, -0.05) is 47.5 Å². The zero-order valence-corrected chi connectivity index (χ0v) is 25.8. The molecule has 2 aliphatic rings. The second-order valence-corrected chi connectivity index (χ2v) is 10.4. The molecule has 0 saturated carbocycles. The van der Waals surface area contributed by atoms with E-state index < -0.39 is 5.82 Å². The fourth-order valence-electron chi connectivity index (χ4n) is 5.10. The highest BCUT2D eigenvalue weighted by molar-refractivity contribution is 7.23. The minimum Gasteiger partial charge on any atom is -0.400 e. The van der Waals surface area contributed by atoms with Crippen LogP contribution in [0.15, 0.2) is 12.4 Å². The largest absolute Gasteiger partial charge is 0.400 e. The van der Waals surface area contributed by atoms with E-state index in [1.54, 1.807) is 0 Å². The molecule has 8 nitrogen and oxygen atoms in total. The summed E-state index contributed by atoms with van der Waals surface area (Å²) in [6, 6.07) is 2.16. The van der Waals surface area contributed by atoms with Crippen molar-refractivity contribution in [3.8, 4) is 17.3 Å². The first-order valence-corrected chi connectivity index (χ1v) is 15.2. The highest BCUT2D eigenvalue weighted by Crippen LogP contribution is 2.45. The molecule has 1 fully saturated rings. The summed E-state index contributed by atoms with van der Waals surface area (Å²) >= 11 is 1.09. The maximum Gasteiger partial charge on any atom is 0.225 e. The zero-order valence-electron chi connectivity index (χ0n) is 25.0. The van der Waals surface area contributed by atoms with Crippen molar-refractivity contribution in [1.29, 1.82) is 5.26 Å². The van der Waals surface area contributed by atoms with Crippen molar-refractivity contribution in [3.05, 3.63) is 40.5 Å². The van der Waals surface area contributed by atoms with Gasteiger partial charge >= 0.3 is 0 Å². The Kier molecular flexibility index (Phi) is 11.8. The number of ether oxygens (including phenoxy) is 1. The Bertz CT molecular complexity index is 1520. The molecule has 1 saturated heterocycles. The average molecular weight is 581 g/mol. The number of hydrogen-bond donors (Lipinski definition) is 2. The van der Waals surface area contributed by atoms with Crippen LogP contribution in [-0.2, 0) is 24.4 Å². The van der Waals surface area contributed by atoms with Crippen LogP contribution >= 0.6 is 11.3 Å². The number of anilines is 2. The topological polar surface area (TPSA) is 121 Å². The number of aliphatic hydroxyl groups is 1. The number of aliphatic hydroxyl groups excluding tert-OH is 1. The van der Waals surface area contributed by atoms with Crippen LogP contribution in [0.1, 0.15) is 82.6 Å². The summed E-state index contributed by atoms with van der Waals surface area (Å²) in [7, 11) is 1.00. The van der Waals surface area contributed by atoms with Crippen LogP contribution in [0, 0.1) is 17.1 Å². The molecule has 2 aliphatic heterocycles. The molecule has 3 aromatic heterocycles. The lowest BCUT2D eigenvalue weighted by atomic mass is 9.88. The van der Waals surface area contributed by atoms with Gasteiger partial charge in [-0.2, -0.15) is 5.26 Å². The van der Waals surface area contributed by atoms with Gasteiger partial charge in [0.1, 0.15) is 11.1 Å². The number of unbranched alkanes of at least 4 members (excludes halogenated alkanes) is 1. The third-order valence-corrected chi connectivity index (χ3v) is 8.16. The molecule has 0 atom stereocenters. The molecule has 0 radical (unpaired) electrons. The van der Waals surface area contributed by atoms with Gasteiger partial charge in [0.25, 0.3) is 0 Å². The van der Waals surface area contributed by atoms with Crippen LogP contribution in [0.2, 0.25) is 0 Å². The Morgan fingerprint density at radius 2 is 1.73 bits per heavy atom. The molecule has 0 aliphatic carbocycles. The van der Waals surface area contributed by atoms with Gasteiger partial charge in [0, 0.05) is 42.7 Å². The van der Waals surface area contributed by atoms with Crippen LogP contribution in [0.5, 0.6) is 0 Å². The van der Waals surface area contributed by atoms with E-state index in [2.05, 4.69) is 41.7 Å². The monoisotopic (exact) mass is 580 g/mol. The molecule has 0 spiro atoms. The summed E-state index contributed by atoms with van der Waals surface area (Å²) in [5, 5.41) is 18.5. The standard InChI is InChI=1S/C24H21FN6OS.C4H10.C2H6.CH4O/c1-2-12-18(21-19-13(7-26)23(27)33-22(19)17(25)9-28-21)16-11-32-10-15(16)14-8-29-24(30-20(12)14)31-5-3-4-6-31;1-3-4-2;2*1-2/h8-9H,2-6,10-11,27H2,1H3;3-4H2,1-2H3;1-2H3;2H,1H3. The molecule has 0 amide bonds. The number of nitrogens with zero attached hydrogens (tertiary/aromatic N) is 5. The molecule has 0 bridgehead atoms. The summed E-state index contributed by atoms with van der Waals surface area (Å²) in [6.45, 7) is 13.2. The highest BCUT2D eigenvalue weighted by atomic mass is 32.1. The zero-order chi connectivity index (χ0) is 30.1. The quantitative estimate of drug-likeness (QED) is 0.261. The molecule has 10 heteroatoms. The Labute approximate surface area is 246 Å². The first kappa shape index (κ1) is 32.1. The Morgan fingerprint density at radius 3 is 2.34 bits per heavy atom. The smallest absolute Gasteiger partial charge is 0.225 e. The first-order chi connectivity index (χ1) is 20.0. The van der Waals surface area contributed by atoms with Crippen LogP contribution < -0.4 is 10.6 Å². The Hall–Kier alpha value is -3.39. The van der Waals surface area contributed by atoms with Crippen molar-refractivity contribution < 1.29 is 14.2 Å². The van der Waals surface area contributed by atoms with Gasteiger partial charge in [0.15, 0.2) is 5.82 Å². The van der Waals surface area contributed by atoms with E-state index in [1.165, 1.54) is 19.0 Å². The number of hydrogen-bond acceptors (Lipinski definition) is 9. The lowest BCUT2D eigenvalue weighted by molar-refractivity contribution is 0.135. The number of nitrogens with two attached hydrogens (primary N) is 1. The number of aromatic nitrogens is 3. The highest BCUT2D eigenvalue weighted by Gasteiger charge is 2.29. The number of pyridine rings is 1. The number of nitrogen functional groups attached to an aromatic ring is 1. The summed E-state index contributed by atoms with van der Waals surface area (Å²) < 4.78 is 20.9. The Morgan fingerprint density at radius 1 is 1.07 bits per heavy atom. The van der Waals surface area contributed by atoms with Crippen molar-refractivity contribution in [2.45, 2.75) is 79.9 Å². The SMILES string of the molecule is CC.CCCC.CCc1c(-c2ncc(F)c3sc(N)c(C#N)c23)c2c(c3cnc(N4CCCC4)nc13)COC2.CO. The minimum absolute atomic E-state index is 0.271. The van der Waals surface area contributed by atoms with E-state index in [9.17, 15) is 9.65 Å². The second kappa shape index (κ2) is 15.0. The van der Waals surface area contributed by atoms with Crippen LogP contribution in [0.3, 0.4) is 0 Å². The van der Waals surface area contributed by atoms with E-state index in [4.69, 9.17) is 20.6 Å². The predicted molar refractivity (Wildman–Crippen MR) is 167 cm³/mol. The second-order valence-electron chi connectivity index (χ2n) is 9.40. The van der Waals surface area contributed by atoms with Crippen LogP contribution in [-0.4, -0.2) is 40.3 Å². The van der Waals surface area contributed by atoms with Gasteiger partial charge < -0.3 is 20.5 Å². The number of halogens is 1. The molecular formula is C31H41FN6O2S. The van der Waals surface area contributed by atoms with E-state index in [0.717, 1.165) is 83.5 Å². The molecule has 220 valence electrons. The lowest BCUT2D eigenvalue weighted by Crippen LogP contribution is -2.20. The van der Waals surface area contributed by atoms with Crippen molar-refractivity contribution in [2.24, 2.45) is 0 Å². The number of benzene rings is 1. The number of aryl methyl sites for hydroxylation is 1. The summed E-state index contributed by atoms with van der Waals surface area (Å²) in [4.78, 5) is 16.4. The van der Waals surface area contributed by atoms with Crippen molar-refractivity contribution in [2.75, 3.05) is 30.8 Å². The maximum absolute atomic E-state index is 14.7. The van der Waals surface area contributed by atoms with Gasteiger partial charge in [0.05, 0.1) is 40.9 Å². The summed E-state index contributed by atoms with van der Waals surface area (Å²) in [5.41, 5.74) is 11.7. The van der Waals surface area contributed by atoms with Gasteiger partial charge in [-0.25, -0.2) is 14.4 Å². The molecule has 0 unspecified atom stereocenters. The molecule has 4 aromatic rings. The van der Waals surface area contributed by atoms with E-state index in [0.29, 0.717) is 40.4 Å². The summed E-state index contributed by atoms with van der Waals surface area (Å²) in [5.74, 6) is 0.256. The van der Waals surface area contributed by atoms with Gasteiger partial charge in [-0.3, -0.25) is 4.98 Å². The predicted octanol–water partition coefficient (Wildman–Crippen LogP) is 7.13. The van der Waals surface area contributed by atoms with Crippen molar-refractivity contribution >= 4 is 43.3 Å². The maximum atomic E-state index is 14.7. The van der Waals surface area contributed by atoms with Crippen LogP contribution in [0.4, 0.5) is 15.3 Å². The van der Waals surface area contributed by atoms with Gasteiger partial charge in [0.2, 0.25) is 5.95 Å². The molecular weight excluding hydrogens is 539 g/mol. The summed E-state index contributed by atoms with van der Waals surface area (Å²) in [6.07, 6.45) is 8.73. The molecule has 41 heavy (non-hydrogen) atoms. The normalized spacial score (nSPS) is 13.5. The third-order valence-electron chi connectivity index (χ3n) is 7.13. The van der Waals surface area contributed by atoms with Gasteiger partial charge in [-0.05, 0) is 36.0 Å². The van der Waals surface area contributed by atoms with Gasteiger partial charge in [-0.15, -0.1) is 11.3 Å². The fraction of sp³-hybridized carbons (Fsp3) is 0.484. The number of thiophene rings is 1. The molecule has 5 heterocycles. The fourth-order valence-corrected chi connectivity index (χ4v) is 6.02. The number of fused-ring (bicyclic) bond motifs is 4. The number of nitriles is 1.